The topological polar surface area (TPSA) is 45.2 Å². The van der Waals surface area contributed by atoms with Crippen LogP contribution in [0.1, 0.15) is 49.9 Å². The summed E-state index contributed by atoms with van der Waals surface area (Å²) in [5, 5.41) is 3.10. The van der Waals surface area contributed by atoms with E-state index >= 15 is 0 Å². The highest BCUT2D eigenvalue weighted by molar-refractivity contribution is 5.94. The molecule has 1 aliphatic carbocycles. The van der Waals surface area contributed by atoms with Gasteiger partial charge in [-0.15, -0.1) is 0 Å². The molecule has 1 heterocycles. The van der Waals surface area contributed by atoms with Crippen LogP contribution in [0.2, 0.25) is 0 Å². The molecule has 1 saturated carbocycles. The minimum Gasteiger partial charge on any atom is -0.371 e. The molecule has 0 saturated heterocycles. The van der Waals surface area contributed by atoms with Crippen molar-refractivity contribution in [1.82, 2.24) is 10.3 Å². The Hall–Kier alpha value is -1.58. The van der Waals surface area contributed by atoms with Crippen LogP contribution in [0.4, 0.5) is 5.69 Å². The number of pyridine rings is 1. The van der Waals surface area contributed by atoms with Crippen molar-refractivity contribution in [1.29, 1.82) is 0 Å². The first kappa shape index (κ1) is 13.8. The first-order chi connectivity index (χ1) is 9.24. The second-order valence-electron chi connectivity index (χ2n) is 5.06. The summed E-state index contributed by atoms with van der Waals surface area (Å²) in [5.74, 6) is 0.00778. The summed E-state index contributed by atoms with van der Waals surface area (Å²) >= 11 is 0. The van der Waals surface area contributed by atoms with E-state index in [4.69, 9.17) is 0 Å². The second-order valence-corrected chi connectivity index (χ2v) is 5.06. The molecule has 1 fully saturated rings. The van der Waals surface area contributed by atoms with Gasteiger partial charge in [0.1, 0.15) is 0 Å². The molecule has 0 aromatic carbocycles. The molecular weight excluding hydrogens is 238 g/mol. The summed E-state index contributed by atoms with van der Waals surface area (Å²) in [6.45, 7) is 6.06. The molecule has 4 nitrogen and oxygen atoms in total. The molecule has 0 unspecified atom stereocenters. The van der Waals surface area contributed by atoms with Crippen molar-refractivity contribution in [3.63, 3.8) is 0 Å². The summed E-state index contributed by atoms with van der Waals surface area (Å²) < 4.78 is 0. The van der Waals surface area contributed by atoms with Crippen molar-refractivity contribution in [2.75, 3.05) is 18.0 Å². The van der Waals surface area contributed by atoms with Crippen LogP contribution < -0.4 is 10.2 Å². The SMILES string of the molecule is CCN(CC)c1cncc(C(=O)NC2CCCC2)c1. The number of amides is 1. The molecule has 1 aromatic heterocycles. The molecule has 1 aromatic rings. The molecule has 1 N–H and O–H groups in total. The van der Waals surface area contributed by atoms with Crippen LogP contribution in [0.15, 0.2) is 18.5 Å². The van der Waals surface area contributed by atoms with Gasteiger partial charge in [0.2, 0.25) is 0 Å². The average Bonchev–Trinajstić information content (AvgIpc) is 2.93. The molecule has 0 spiro atoms. The van der Waals surface area contributed by atoms with Gasteiger partial charge in [-0.05, 0) is 32.8 Å². The monoisotopic (exact) mass is 261 g/mol. The fourth-order valence-electron chi connectivity index (χ4n) is 2.65. The molecule has 4 heteroatoms. The number of nitrogens with zero attached hydrogens (tertiary/aromatic N) is 2. The van der Waals surface area contributed by atoms with Gasteiger partial charge >= 0.3 is 0 Å². The maximum atomic E-state index is 12.2. The summed E-state index contributed by atoms with van der Waals surface area (Å²) in [7, 11) is 0. The zero-order valence-electron chi connectivity index (χ0n) is 11.9. The fourth-order valence-corrected chi connectivity index (χ4v) is 2.65. The number of nitrogens with one attached hydrogen (secondary N) is 1. The van der Waals surface area contributed by atoms with E-state index in [0.29, 0.717) is 11.6 Å². The van der Waals surface area contributed by atoms with E-state index in [2.05, 4.69) is 29.0 Å². The van der Waals surface area contributed by atoms with Crippen LogP contribution in [-0.4, -0.2) is 30.0 Å². The van der Waals surface area contributed by atoms with Crippen molar-refractivity contribution >= 4 is 11.6 Å². The smallest absolute Gasteiger partial charge is 0.253 e. The number of hydrogen-bond acceptors (Lipinski definition) is 3. The first-order valence-corrected chi connectivity index (χ1v) is 7.25. The lowest BCUT2D eigenvalue weighted by Gasteiger charge is -2.21. The molecule has 2 rings (SSSR count). The lowest BCUT2D eigenvalue weighted by Crippen LogP contribution is -2.33. The molecule has 19 heavy (non-hydrogen) atoms. The summed E-state index contributed by atoms with van der Waals surface area (Å²) in [6.07, 6.45) is 8.13. The van der Waals surface area contributed by atoms with E-state index < -0.39 is 0 Å². The van der Waals surface area contributed by atoms with Gasteiger partial charge in [0.05, 0.1) is 17.4 Å². The van der Waals surface area contributed by atoms with E-state index in [9.17, 15) is 4.79 Å². The van der Waals surface area contributed by atoms with Crippen molar-refractivity contribution in [2.24, 2.45) is 0 Å². The molecule has 0 aliphatic heterocycles. The average molecular weight is 261 g/mol. The summed E-state index contributed by atoms with van der Waals surface area (Å²) in [4.78, 5) is 18.6. The lowest BCUT2D eigenvalue weighted by atomic mass is 10.2. The van der Waals surface area contributed by atoms with E-state index in [1.807, 2.05) is 12.3 Å². The van der Waals surface area contributed by atoms with Gasteiger partial charge in [-0.3, -0.25) is 9.78 Å². The molecule has 0 radical (unpaired) electrons. The normalized spacial score (nSPS) is 15.5. The Kier molecular flexibility index (Phi) is 4.77. The number of rotatable bonds is 5. The van der Waals surface area contributed by atoms with Gasteiger partial charge in [-0.25, -0.2) is 0 Å². The molecule has 104 valence electrons. The minimum absolute atomic E-state index is 0.00778. The van der Waals surface area contributed by atoms with E-state index in [1.165, 1.54) is 12.8 Å². The predicted molar refractivity (Wildman–Crippen MR) is 77.5 cm³/mol. The van der Waals surface area contributed by atoms with Crippen molar-refractivity contribution in [3.05, 3.63) is 24.0 Å². The number of anilines is 1. The van der Waals surface area contributed by atoms with Crippen molar-refractivity contribution < 1.29 is 4.79 Å². The van der Waals surface area contributed by atoms with Crippen LogP contribution in [0.3, 0.4) is 0 Å². The van der Waals surface area contributed by atoms with Crippen LogP contribution in [0.25, 0.3) is 0 Å². The Morgan fingerprint density at radius 2 is 2.00 bits per heavy atom. The maximum absolute atomic E-state index is 12.2. The Balaban J connectivity index is 2.06. The molecule has 0 bridgehead atoms. The summed E-state index contributed by atoms with van der Waals surface area (Å²) in [5.41, 5.74) is 1.68. The minimum atomic E-state index is 0.00778. The molecule has 1 amide bonds. The third kappa shape index (κ3) is 3.46. The van der Waals surface area contributed by atoms with Gasteiger partial charge in [-0.1, -0.05) is 12.8 Å². The quantitative estimate of drug-likeness (QED) is 0.886. The molecular formula is C15H23N3O. The molecule has 1 aliphatic rings. The predicted octanol–water partition coefficient (Wildman–Crippen LogP) is 2.60. The van der Waals surface area contributed by atoms with Crippen molar-refractivity contribution in [2.45, 2.75) is 45.6 Å². The standard InChI is InChI=1S/C15H23N3O/c1-3-18(4-2)14-9-12(10-16-11-14)15(19)17-13-7-5-6-8-13/h9-11,13H,3-8H2,1-2H3,(H,17,19). The van der Waals surface area contributed by atoms with E-state index in [1.54, 1.807) is 6.20 Å². The van der Waals surface area contributed by atoms with E-state index in [-0.39, 0.29) is 5.91 Å². The number of carbonyl (C=O) groups excluding carboxylic acids is 1. The highest BCUT2D eigenvalue weighted by Gasteiger charge is 2.18. The van der Waals surface area contributed by atoms with Gasteiger partial charge < -0.3 is 10.2 Å². The highest BCUT2D eigenvalue weighted by atomic mass is 16.1. The van der Waals surface area contributed by atoms with Crippen LogP contribution >= 0.6 is 0 Å². The Morgan fingerprint density at radius 1 is 1.32 bits per heavy atom. The zero-order valence-corrected chi connectivity index (χ0v) is 11.9. The Morgan fingerprint density at radius 3 is 2.63 bits per heavy atom. The number of carbonyl (C=O) groups is 1. The maximum Gasteiger partial charge on any atom is 0.253 e. The Labute approximate surface area is 115 Å². The van der Waals surface area contributed by atoms with Gasteiger partial charge in [0, 0.05) is 25.3 Å². The van der Waals surface area contributed by atoms with Gasteiger partial charge in [0.25, 0.3) is 5.91 Å². The zero-order chi connectivity index (χ0) is 13.7. The van der Waals surface area contributed by atoms with Gasteiger partial charge in [0.15, 0.2) is 0 Å². The molecule has 0 atom stereocenters. The van der Waals surface area contributed by atoms with Crippen LogP contribution in [0.5, 0.6) is 0 Å². The van der Waals surface area contributed by atoms with Crippen molar-refractivity contribution in [3.8, 4) is 0 Å². The fraction of sp³-hybridized carbons (Fsp3) is 0.600. The largest absolute Gasteiger partial charge is 0.371 e. The second kappa shape index (κ2) is 6.55. The Bertz CT molecular complexity index is 423. The highest BCUT2D eigenvalue weighted by Crippen LogP contribution is 2.19. The number of hydrogen-bond donors (Lipinski definition) is 1. The van der Waals surface area contributed by atoms with E-state index in [0.717, 1.165) is 31.6 Å². The third-order valence-corrected chi connectivity index (χ3v) is 3.80. The van der Waals surface area contributed by atoms with Crippen LogP contribution in [0, 0.1) is 0 Å². The van der Waals surface area contributed by atoms with Gasteiger partial charge in [-0.2, -0.15) is 0 Å². The first-order valence-electron chi connectivity index (χ1n) is 7.25. The third-order valence-electron chi connectivity index (χ3n) is 3.80. The number of aromatic nitrogens is 1. The summed E-state index contributed by atoms with van der Waals surface area (Å²) in [6, 6.07) is 2.29. The lowest BCUT2D eigenvalue weighted by molar-refractivity contribution is 0.0937. The van der Waals surface area contributed by atoms with Crippen LogP contribution in [-0.2, 0) is 0 Å².